The molecule has 0 spiro atoms. The Labute approximate surface area is 408 Å². The SMILES string of the molecule is CCCCc1ccc2c(c1)B1c3sc4c5c3N(c3ccccc3N5c3cc(I)cc5c3B4c3ccc(CCCC)cc3N5c3ccccc3)c3cc(CCCC)cc(c31)N2c1ccccc1. The molecule has 66 heavy (non-hydrogen) atoms. The summed E-state index contributed by atoms with van der Waals surface area (Å²) in [5.74, 6) is 0. The van der Waals surface area contributed by atoms with Crippen LogP contribution in [0.4, 0.5) is 68.2 Å². The smallest absolute Gasteiger partial charge is 0.264 e. The molecule has 322 valence electrons. The Morgan fingerprint density at radius 3 is 1.45 bits per heavy atom. The molecule has 0 atom stereocenters. The molecule has 0 amide bonds. The molecule has 4 nitrogen and oxygen atoms in total. The maximum absolute atomic E-state index is 2.71. The number of unbranched alkanes of at least 4 members (excludes halogenated alkanes) is 3. The summed E-state index contributed by atoms with van der Waals surface area (Å²) in [6.07, 6.45) is 10.3. The van der Waals surface area contributed by atoms with Crippen molar-refractivity contribution in [3.63, 3.8) is 0 Å². The molecular formula is C58H51B2IN4S. The van der Waals surface area contributed by atoms with Crippen LogP contribution in [0, 0.1) is 3.57 Å². The van der Waals surface area contributed by atoms with E-state index >= 15 is 0 Å². The van der Waals surface area contributed by atoms with E-state index in [9.17, 15) is 0 Å². The molecule has 1 aromatic heterocycles. The standard InChI is InChI=1S/C58H51B2IN4S/c1-4-7-18-37-28-30-45-44(31-37)60-53-49(62(45)41-21-12-10-13-22-41)33-39(20-9-6-3)34-50(53)64-46-25-16-17-26-47(46)65-52-36-40(61)35-51-54(52)59(57-55(65)56(64)58(60)66-57)43-29-27-38(19-8-5-2)32-48(43)63(51)42-23-14-11-15-24-42/h10-17,21-36H,4-9,18-20H2,1-3H3. The number of thiophene rings is 1. The van der Waals surface area contributed by atoms with Gasteiger partial charge in [-0.3, -0.25) is 0 Å². The fourth-order valence-electron chi connectivity index (χ4n) is 11.9. The molecule has 0 saturated carbocycles. The highest BCUT2D eigenvalue weighted by Crippen LogP contribution is 2.58. The second-order valence-corrected chi connectivity index (χ2v) is 21.2. The third-order valence-electron chi connectivity index (χ3n) is 14.9. The second-order valence-electron chi connectivity index (χ2n) is 18.9. The Balaban J connectivity index is 1.13. The van der Waals surface area contributed by atoms with Crippen LogP contribution < -0.4 is 51.0 Å². The fraction of sp³-hybridized carbons (Fsp3) is 0.207. The number of aryl methyl sites for hydroxylation is 3. The Bertz CT molecular complexity index is 3240. The van der Waals surface area contributed by atoms with Crippen LogP contribution in [0.15, 0.2) is 146 Å². The molecule has 0 radical (unpaired) electrons. The monoisotopic (exact) mass is 984 g/mol. The van der Waals surface area contributed by atoms with Gasteiger partial charge in [-0.2, -0.15) is 11.3 Å². The van der Waals surface area contributed by atoms with E-state index in [0.29, 0.717) is 0 Å². The van der Waals surface area contributed by atoms with Gasteiger partial charge in [0.25, 0.3) is 13.4 Å². The highest BCUT2D eigenvalue weighted by molar-refractivity contribution is 14.1. The Hall–Kier alpha value is -5.70. The predicted octanol–water partition coefficient (Wildman–Crippen LogP) is 12.9. The Morgan fingerprint density at radius 1 is 0.409 bits per heavy atom. The van der Waals surface area contributed by atoms with Crippen molar-refractivity contribution in [1.82, 2.24) is 0 Å². The molecule has 0 fully saturated rings. The molecule has 0 unspecified atom stereocenters. The average Bonchev–Trinajstić information content (AvgIpc) is 3.74. The molecule has 13 rings (SSSR count). The van der Waals surface area contributed by atoms with Gasteiger partial charge in [-0.1, -0.05) is 113 Å². The van der Waals surface area contributed by atoms with E-state index in [2.05, 4.69) is 220 Å². The van der Waals surface area contributed by atoms with E-state index in [1.807, 2.05) is 0 Å². The van der Waals surface area contributed by atoms with Crippen molar-refractivity contribution in [2.24, 2.45) is 0 Å². The minimum atomic E-state index is 0.0821. The van der Waals surface area contributed by atoms with Gasteiger partial charge in [0.05, 0.1) is 22.7 Å². The first-order valence-corrected chi connectivity index (χ1v) is 26.3. The Morgan fingerprint density at radius 2 is 0.864 bits per heavy atom. The number of rotatable bonds is 11. The van der Waals surface area contributed by atoms with Gasteiger partial charge in [0, 0.05) is 58.6 Å². The van der Waals surface area contributed by atoms with E-state index in [1.54, 1.807) is 0 Å². The van der Waals surface area contributed by atoms with Crippen LogP contribution >= 0.6 is 33.9 Å². The summed E-state index contributed by atoms with van der Waals surface area (Å²) in [5, 5.41) is 0. The van der Waals surface area contributed by atoms with E-state index in [1.165, 1.54) is 146 Å². The lowest BCUT2D eigenvalue weighted by molar-refractivity contribution is 0.795. The van der Waals surface area contributed by atoms with Gasteiger partial charge in [-0.25, -0.2) is 0 Å². The van der Waals surface area contributed by atoms with Gasteiger partial charge in [0.15, 0.2) is 0 Å². The van der Waals surface area contributed by atoms with Crippen LogP contribution in [-0.2, 0) is 19.3 Å². The van der Waals surface area contributed by atoms with Crippen molar-refractivity contribution in [3.05, 3.63) is 166 Å². The quantitative estimate of drug-likeness (QED) is 0.0946. The zero-order valence-electron chi connectivity index (χ0n) is 38.0. The number of hydrogen-bond donors (Lipinski definition) is 0. The van der Waals surface area contributed by atoms with Crippen molar-refractivity contribution in [3.8, 4) is 0 Å². The van der Waals surface area contributed by atoms with Crippen LogP contribution in [0.1, 0.15) is 76.0 Å². The zero-order valence-corrected chi connectivity index (χ0v) is 40.9. The zero-order chi connectivity index (χ0) is 44.2. The van der Waals surface area contributed by atoms with Crippen molar-refractivity contribution in [2.75, 3.05) is 19.6 Å². The highest BCUT2D eigenvalue weighted by Gasteiger charge is 2.54. The summed E-state index contributed by atoms with van der Waals surface area (Å²) < 4.78 is 4.17. The highest BCUT2D eigenvalue weighted by atomic mass is 127. The number of nitrogens with zero attached hydrogens (tertiary/aromatic N) is 4. The number of benzene rings is 7. The minimum absolute atomic E-state index is 0.0821. The van der Waals surface area contributed by atoms with E-state index in [4.69, 9.17) is 0 Å². The lowest BCUT2D eigenvalue weighted by atomic mass is 9.35. The number of anilines is 12. The molecular weight excluding hydrogens is 933 g/mol. The summed E-state index contributed by atoms with van der Waals surface area (Å²) in [7, 11) is 0. The molecule has 6 heterocycles. The van der Waals surface area contributed by atoms with Crippen LogP contribution in [0.25, 0.3) is 0 Å². The largest absolute Gasteiger partial charge is 0.311 e. The molecule has 0 N–H and O–H groups in total. The Kier molecular flexibility index (Phi) is 9.82. The second kappa shape index (κ2) is 16.0. The fourth-order valence-corrected chi connectivity index (χ4v) is 14.1. The van der Waals surface area contributed by atoms with Gasteiger partial charge < -0.3 is 19.6 Å². The van der Waals surface area contributed by atoms with E-state index in [-0.39, 0.29) is 13.4 Å². The lowest BCUT2D eigenvalue weighted by Crippen LogP contribution is -2.61. The van der Waals surface area contributed by atoms with Crippen LogP contribution in [0.5, 0.6) is 0 Å². The molecule has 5 aliphatic heterocycles. The predicted molar refractivity (Wildman–Crippen MR) is 294 cm³/mol. The van der Waals surface area contributed by atoms with Gasteiger partial charge in [0.1, 0.15) is 0 Å². The van der Waals surface area contributed by atoms with Gasteiger partial charge in [-0.15, -0.1) is 0 Å². The third-order valence-corrected chi connectivity index (χ3v) is 16.8. The first kappa shape index (κ1) is 40.6. The van der Waals surface area contributed by atoms with Crippen molar-refractivity contribution in [1.29, 1.82) is 0 Å². The van der Waals surface area contributed by atoms with Crippen LogP contribution in [-0.4, -0.2) is 13.4 Å². The van der Waals surface area contributed by atoms with Crippen LogP contribution in [0.3, 0.4) is 0 Å². The van der Waals surface area contributed by atoms with Gasteiger partial charge >= 0.3 is 0 Å². The normalized spacial score (nSPS) is 14.1. The van der Waals surface area contributed by atoms with Crippen molar-refractivity contribution >= 4 is 147 Å². The molecule has 0 saturated heterocycles. The molecule has 5 aliphatic rings. The molecule has 7 aromatic carbocycles. The van der Waals surface area contributed by atoms with Crippen LogP contribution in [0.2, 0.25) is 0 Å². The van der Waals surface area contributed by atoms with Gasteiger partial charge in [-0.05, 0) is 172 Å². The molecule has 0 bridgehead atoms. The number of para-hydroxylation sites is 4. The maximum atomic E-state index is 2.71. The lowest BCUT2D eigenvalue weighted by Gasteiger charge is -2.49. The number of hydrogen-bond acceptors (Lipinski definition) is 5. The first-order valence-electron chi connectivity index (χ1n) is 24.4. The summed E-state index contributed by atoms with van der Waals surface area (Å²) in [4.78, 5) is 10.6. The number of fused-ring (bicyclic) bond motifs is 11. The first-order chi connectivity index (χ1) is 32.6. The van der Waals surface area contributed by atoms with Crippen molar-refractivity contribution < 1.29 is 0 Å². The molecule has 8 aromatic rings. The minimum Gasteiger partial charge on any atom is -0.311 e. The topological polar surface area (TPSA) is 13.0 Å². The summed E-state index contributed by atoms with van der Waals surface area (Å²) in [6.45, 7) is 7.10. The molecule has 8 heteroatoms. The van der Waals surface area contributed by atoms with E-state index < -0.39 is 0 Å². The summed E-state index contributed by atoms with van der Waals surface area (Å²) in [6, 6.07) is 56.5. The third kappa shape index (κ3) is 5.95. The summed E-state index contributed by atoms with van der Waals surface area (Å²) >= 11 is 4.69. The average molecular weight is 985 g/mol. The molecule has 0 aliphatic carbocycles. The maximum Gasteiger partial charge on any atom is 0.264 e. The number of halogens is 1. The van der Waals surface area contributed by atoms with Crippen molar-refractivity contribution in [2.45, 2.75) is 78.6 Å². The van der Waals surface area contributed by atoms with E-state index in [0.717, 1.165) is 32.1 Å². The summed E-state index contributed by atoms with van der Waals surface area (Å²) in [5.41, 5.74) is 25.4. The van der Waals surface area contributed by atoms with Gasteiger partial charge in [0.2, 0.25) is 0 Å².